The molecule has 0 amide bonds. The van der Waals surface area contributed by atoms with Crippen LogP contribution in [0.15, 0.2) is 39.7 Å². The van der Waals surface area contributed by atoms with E-state index in [1.807, 2.05) is 19.0 Å². The molecule has 0 aromatic carbocycles. The lowest BCUT2D eigenvalue weighted by Crippen LogP contribution is -2.22. The third kappa shape index (κ3) is 4.72. The molecule has 0 atom stereocenters. The topological polar surface area (TPSA) is 84.9 Å². The molecule has 0 aliphatic carbocycles. The molecule has 2 rings (SSSR count). The van der Waals surface area contributed by atoms with Crippen LogP contribution in [-0.2, 0) is 6.54 Å². The van der Waals surface area contributed by atoms with Crippen molar-refractivity contribution in [1.82, 2.24) is 9.47 Å². The molecular formula is C16H20N2O5. The zero-order valence-corrected chi connectivity index (χ0v) is 13.2. The van der Waals surface area contributed by atoms with Crippen molar-refractivity contribution in [3.63, 3.8) is 0 Å². The Morgan fingerprint density at radius 2 is 2.13 bits per heavy atom. The van der Waals surface area contributed by atoms with Crippen molar-refractivity contribution >= 4 is 5.97 Å². The second kappa shape index (κ2) is 7.64. The minimum Gasteiger partial charge on any atom is -0.488 e. The third-order valence-electron chi connectivity index (χ3n) is 3.19. The highest BCUT2D eigenvalue weighted by atomic mass is 16.5. The predicted molar refractivity (Wildman–Crippen MR) is 84.1 cm³/mol. The van der Waals surface area contributed by atoms with Crippen LogP contribution < -0.4 is 10.3 Å². The van der Waals surface area contributed by atoms with Crippen molar-refractivity contribution in [2.45, 2.75) is 13.0 Å². The van der Waals surface area contributed by atoms with Crippen molar-refractivity contribution < 1.29 is 19.1 Å². The molecule has 2 aromatic heterocycles. The summed E-state index contributed by atoms with van der Waals surface area (Å²) in [5, 5.41) is 8.84. The van der Waals surface area contributed by atoms with Crippen LogP contribution in [0.5, 0.6) is 5.75 Å². The van der Waals surface area contributed by atoms with Crippen molar-refractivity contribution in [2.75, 3.05) is 27.2 Å². The Balaban J connectivity index is 2.03. The maximum atomic E-state index is 12.3. The number of rotatable bonds is 8. The van der Waals surface area contributed by atoms with Gasteiger partial charge in [-0.05, 0) is 44.8 Å². The molecule has 2 aromatic rings. The van der Waals surface area contributed by atoms with Gasteiger partial charge in [0.1, 0.15) is 5.76 Å². The molecular weight excluding hydrogens is 300 g/mol. The molecule has 0 saturated carbocycles. The van der Waals surface area contributed by atoms with Gasteiger partial charge in [-0.2, -0.15) is 0 Å². The summed E-state index contributed by atoms with van der Waals surface area (Å²) in [5.74, 6) is -0.615. The zero-order valence-electron chi connectivity index (χ0n) is 13.2. The minimum atomic E-state index is -1.14. The summed E-state index contributed by atoms with van der Waals surface area (Å²) >= 11 is 0. The van der Waals surface area contributed by atoms with Crippen LogP contribution in [0.4, 0.5) is 0 Å². The predicted octanol–water partition coefficient (Wildman–Crippen LogP) is 1.52. The zero-order chi connectivity index (χ0) is 16.8. The Bertz CT molecular complexity index is 717. The lowest BCUT2D eigenvalue weighted by molar-refractivity contribution is 0.0660. The smallest absolute Gasteiger partial charge is 0.371 e. The highest BCUT2D eigenvalue weighted by Crippen LogP contribution is 2.10. The van der Waals surface area contributed by atoms with Gasteiger partial charge in [0, 0.05) is 12.7 Å². The lowest BCUT2D eigenvalue weighted by atomic mass is 10.4. The molecule has 0 radical (unpaired) electrons. The molecule has 2 heterocycles. The van der Waals surface area contributed by atoms with Gasteiger partial charge in [-0.3, -0.25) is 4.79 Å². The molecule has 0 aliphatic heterocycles. The molecule has 0 saturated heterocycles. The summed E-state index contributed by atoms with van der Waals surface area (Å²) in [6, 6.07) is 6.24. The molecule has 124 valence electrons. The van der Waals surface area contributed by atoms with Gasteiger partial charge in [-0.25, -0.2) is 4.79 Å². The third-order valence-corrected chi connectivity index (χ3v) is 3.19. The standard InChI is InChI=1S/C16H20N2O5/c1-17(2)8-4-10-22-13-5-3-9-18(15(13)19)11-12-6-7-14(23-12)16(20)21/h3,5-7,9H,4,8,10-11H2,1-2H3,(H,20,21). The van der Waals surface area contributed by atoms with E-state index in [0.717, 1.165) is 13.0 Å². The maximum absolute atomic E-state index is 12.3. The van der Waals surface area contributed by atoms with E-state index in [1.54, 1.807) is 24.4 Å². The number of aromatic nitrogens is 1. The van der Waals surface area contributed by atoms with Gasteiger partial charge in [0.25, 0.3) is 5.56 Å². The number of carbonyl (C=O) groups is 1. The second-order valence-electron chi connectivity index (χ2n) is 5.38. The largest absolute Gasteiger partial charge is 0.488 e. The van der Waals surface area contributed by atoms with E-state index >= 15 is 0 Å². The summed E-state index contributed by atoms with van der Waals surface area (Å²) in [5.41, 5.74) is -0.273. The molecule has 7 nitrogen and oxygen atoms in total. The number of nitrogens with zero attached hydrogens (tertiary/aromatic N) is 2. The first-order valence-corrected chi connectivity index (χ1v) is 7.26. The first-order valence-electron chi connectivity index (χ1n) is 7.26. The number of hydrogen-bond donors (Lipinski definition) is 1. The first kappa shape index (κ1) is 16.8. The highest BCUT2D eigenvalue weighted by Gasteiger charge is 2.11. The number of aromatic carboxylic acids is 1. The van der Waals surface area contributed by atoms with Gasteiger partial charge in [0.05, 0.1) is 13.2 Å². The molecule has 0 aliphatic rings. The number of carboxylic acid groups (broad SMARTS) is 1. The van der Waals surface area contributed by atoms with E-state index in [1.165, 1.54) is 10.6 Å². The van der Waals surface area contributed by atoms with Crippen LogP contribution in [-0.4, -0.2) is 47.8 Å². The molecule has 1 N–H and O–H groups in total. The van der Waals surface area contributed by atoms with Crippen LogP contribution in [0, 0.1) is 0 Å². The van der Waals surface area contributed by atoms with Crippen molar-refractivity contribution in [3.8, 4) is 5.75 Å². The number of carboxylic acids is 1. The van der Waals surface area contributed by atoms with E-state index < -0.39 is 5.97 Å². The molecule has 0 spiro atoms. The van der Waals surface area contributed by atoms with Crippen LogP contribution in [0.2, 0.25) is 0 Å². The Labute approximate surface area is 133 Å². The van der Waals surface area contributed by atoms with Crippen molar-refractivity contribution in [2.24, 2.45) is 0 Å². The number of pyridine rings is 1. The normalized spacial score (nSPS) is 10.9. The lowest BCUT2D eigenvalue weighted by Gasteiger charge is -2.11. The SMILES string of the molecule is CN(C)CCCOc1cccn(Cc2ccc(C(=O)O)o2)c1=O. The van der Waals surface area contributed by atoms with Gasteiger partial charge in [0.15, 0.2) is 5.75 Å². The van der Waals surface area contributed by atoms with E-state index in [0.29, 0.717) is 12.4 Å². The van der Waals surface area contributed by atoms with E-state index in [4.69, 9.17) is 14.3 Å². The average Bonchev–Trinajstić information content (AvgIpc) is 2.96. The molecule has 7 heteroatoms. The number of furan rings is 1. The fraction of sp³-hybridized carbons (Fsp3) is 0.375. The quantitative estimate of drug-likeness (QED) is 0.742. The minimum absolute atomic E-state index is 0.149. The summed E-state index contributed by atoms with van der Waals surface area (Å²) in [4.78, 5) is 25.2. The maximum Gasteiger partial charge on any atom is 0.371 e. The molecule has 0 unspecified atom stereocenters. The molecule has 0 fully saturated rings. The molecule has 0 bridgehead atoms. The Morgan fingerprint density at radius 1 is 1.35 bits per heavy atom. The van der Waals surface area contributed by atoms with E-state index in [-0.39, 0.29) is 23.6 Å². The van der Waals surface area contributed by atoms with Crippen molar-refractivity contribution in [1.29, 1.82) is 0 Å². The molecule has 23 heavy (non-hydrogen) atoms. The van der Waals surface area contributed by atoms with Crippen LogP contribution >= 0.6 is 0 Å². The number of ether oxygens (including phenoxy) is 1. The van der Waals surface area contributed by atoms with Gasteiger partial charge in [-0.15, -0.1) is 0 Å². The van der Waals surface area contributed by atoms with Crippen LogP contribution in [0.25, 0.3) is 0 Å². The number of hydrogen-bond acceptors (Lipinski definition) is 5. The van der Waals surface area contributed by atoms with Gasteiger partial charge >= 0.3 is 5.97 Å². The Hall–Kier alpha value is -2.54. The Morgan fingerprint density at radius 3 is 2.78 bits per heavy atom. The van der Waals surface area contributed by atoms with Gasteiger partial charge in [0.2, 0.25) is 5.76 Å². The fourth-order valence-corrected chi connectivity index (χ4v) is 2.06. The summed E-state index contributed by atoms with van der Waals surface area (Å²) in [6.07, 6.45) is 2.43. The van der Waals surface area contributed by atoms with E-state index in [9.17, 15) is 9.59 Å². The van der Waals surface area contributed by atoms with Crippen LogP contribution in [0.1, 0.15) is 22.7 Å². The van der Waals surface area contributed by atoms with Gasteiger partial charge in [-0.1, -0.05) is 0 Å². The summed E-state index contributed by atoms with van der Waals surface area (Å²) in [7, 11) is 3.95. The van der Waals surface area contributed by atoms with E-state index in [2.05, 4.69) is 0 Å². The van der Waals surface area contributed by atoms with Crippen LogP contribution in [0.3, 0.4) is 0 Å². The first-order chi connectivity index (χ1) is 11.0. The van der Waals surface area contributed by atoms with Crippen molar-refractivity contribution in [3.05, 3.63) is 52.3 Å². The van der Waals surface area contributed by atoms with Gasteiger partial charge < -0.3 is 23.7 Å². The fourth-order valence-electron chi connectivity index (χ4n) is 2.06. The highest BCUT2D eigenvalue weighted by molar-refractivity contribution is 5.84. The summed E-state index contributed by atoms with van der Waals surface area (Å²) < 4.78 is 12.1. The Kier molecular flexibility index (Phi) is 5.59. The monoisotopic (exact) mass is 320 g/mol. The average molecular weight is 320 g/mol. The summed E-state index contributed by atoms with van der Waals surface area (Å²) in [6.45, 7) is 1.49. The second-order valence-corrected chi connectivity index (χ2v) is 5.38.